The van der Waals surface area contributed by atoms with Gasteiger partial charge in [0.2, 0.25) is 5.90 Å². The summed E-state index contributed by atoms with van der Waals surface area (Å²) in [5, 5.41) is 5.73. The third-order valence-corrected chi connectivity index (χ3v) is 3.85. The molecule has 0 saturated carbocycles. The fourth-order valence-corrected chi connectivity index (χ4v) is 2.54. The minimum atomic E-state index is -0.189. The summed E-state index contributed by atoms with van der Waals surface area (Å²) in [6.07, 6.45) is 1.82. The minimum Gasteiger partial charge on any atom is -0.476 e. The molecule has 2 aromatic rings. The van der Waals surface area contributed by atoms with Gasteiger partial charge in [-0.3, -0.25) is 4.79 Å². The molecule has 0 N–H and O–H groups in total. The zero-order chi connectivity index (χ0) is 17.8. The van der Waals surface area contributed by atoms with Crippen molar-refractivity contribution in [2.24, 2.45) is 5.10 Å². The third-order valence-electron chi connectivity index (χ3n) is 3.85. The normalized spacial score (nSPS) is 15.5. The molecule has 0 bridgehead atoms. The maximum absolute atomic E-state index is 12.8. The Balaban J connectivity index is 1.94. The van der Waals surface area contributed by atoms with Gasteiger partial charge in [-0.2, -0.15) is 5.01 Å². The van der Waals surface area contributed by atoms with E-state index >= 15 is 0 Å². The number of anilines is 2. The number of amides is 1. The van der Waals surface area contributed by atoms with Crippen LogP contribution in [0, 0.1) is 0 Å². The second-order valence-corrected chi connectivity index (χ2v) is 5.83. The van der Waals surface area contributed by atoms with Gasteiger partial charge in [-0.25, -0.2) is 0 Å². The van der Waals surface area contributed by atoms with E-state index in [4.69, 9.17) is 4.74 Å². The Bertz CT molecular complexity index is 809. The van der Waals surface area contributed by atoms with E-state index in [-0.39, 0.29) is 5.91 Å². The van der Waals surface area contributed by atoms with Gasteiger partial charge in [0.05, 0.1) is 12.3 Å². The number of ether oxygens (including phenoxy) is 1. The highest BCUT2D eigenvalue weighted by molar-refractivity contribution is 6.30. The molecule has 0 unspecified atom stereocenters. The molecule has 0 spiro atoms. The largest absolute Gasteiger partial charge is 0.476 e. The van der Waals surface area contributed by atoms with Crippen LogP contribution in [0.2, 0.25) is 0 Å². The topological polar surface area (TPSA) is 45.1 Å². The first-order chi connectivity index (χ1) is 12.1. The standard InChI is InChI=1S/C20H21N3O2/c1-4-25-19-18(14-15-10-12-16(13-11-15)22(2)3)20(24)23(21-19)17-8-6-5-7-9-17/h5-14H,4H2,1-3H3/b18-14-. The number of benzene rings is 2. The number of hydrogen-bond donors (Lipinski definition) is 0. The van der Waals surface area contributed by atoms with Crippen molar-refractivity contribution in [3.8, 4) is 0 Å². The number of hydrazone groups is 1. The number of rotatable bonds is 4. The molecule has 1 aliphatic heterocycles. The Hall–Kier alpha value is -3.08. The molecule has 0 fully saturated rings. The Morgan fingerprint density at radius 1 is 1.08 bits per heavy atom. The summed E-state index contributed by atoms with van der Waals surface area (Å²) in [6.45, 7) is 2.33. The molecule has 1 aliphatic rings. The number of carbonyl (C=O) groups excluding carboxylic acids is 1. The van der Waals surface area contributed by atoms with Gasteiger partial charge in [-0.05, 0) is 42.8 Å². The zero-order valence-corrected chi connectivity index (χ0v) is 14.6. The lowest BCUT2D eigenvalue weighted by atomic mass is 10.1. The number of nitrogens with zero attached hydrogens (tertiary/aromatic N) is 3. The maximum Gasteiger partial charge on any atom is 0.284 e. The van der Waals surface area contributed by atoms with Crippen molar-refractivity contribution in [1.82, 2.24) is 0 Å². The Kier molecular flexibility index (Phi) is 4.84. The van der Waals surface area contributed by atoms with Crippen molar-refractivity contribution >= 4 is 29.3 Å². The quantitative estimate of drug-likeness (QED) is 0.803. The van der Waals surface area contributed by atoms with E-state index in [1.165, 1.54) is 5.01 Å². The molecule has 5 nitrogen and oxygen atoms in total. The SMILES string of the molecule is CCOC1=NN(c2ccccc2)C(=O)/C1=C\c1ccc(N(C)C)cc1. The monoisotopic (exact) mass is 335 g/mol. The molecule has 25 heavy (non-hydrogen) atoms. The molecule has 128 valence electrons. The van der Waals surface area contributed by atoms with Gasteiger partial charge >= 0.3 is 0 Å². The summed E-state index contributed by atoms with van der Waals surface area (Å²) in [5.74, 6) is 0.166. The van der Waals surface area contributed by atoms with Crippen molar-refractivity contribution in [2.75, 3.05) is 30.6 Å². The first-order valence-corrected chi connectivity index (χ1v) is 8.20. The molecule has 0 aliphatic carbocycles. The molecule has 5 heteroatoms. The first-order valence-electron chi connectivity index (χ1n) is 8.20. The summed E-state index contributed by atoms with van der Waals surface area (Å²) in [6, 6.07) is 17.3. The number of hydrogen-bond acceptors (Lipinski definition) is 4. The van der Waals surface area contributed by atoms with Crippen LogP contribution in [0.25, 0.3) is 6.08 Å². The highest BCUT2D eigenvalue weighted by Crippen LogP contribution is 2.25. The smallest absolute Gasteiger partial charge is 0.284 e. The molecule has 0 aromatic heterocycles. The Morgan fingerprint density at radius 3 is 2.36 bits per heavy atom. The first kappa shape index (κ1) is 16.8. The molecular weight excluding hydrogens is 314 g/mol. The minimum absolute atomic E-state index is 0.189. The van der Waals surface area contributed by atoms with Gasteiger partial charge < -0.3 is 9.64 Å². The van der Waals surface area contributed by atoms with E-state index in [2.05, 4.69) is 5.10 Å². The Morgan fingerprint density at radius 2 is 1.76 bits per heavy atom. The van der Waals surface area contributed by atoms with Gasteiger partial charge in [-0.15, -0.1) is 5.10 Å². The van der Waals surface area contributed by atoms with Gasteiger partial charge in [0.1, 0.15) is 5.57 Å². The van der Waals surface area contributed by atoms with E-state index in [0.717, 1.165) is 16.9 Å². The van der Waals surface area contributed by atoms with E-state index in [9.17, 15) is 4.79 Å². The molecule has 1 heterocycles. The van der Waals surface area contributed by atoms with Crippen LogP contribution in [-0.2, 0) is 9.53 Å². The molecule has 0 atom stereocenters. The van der Waals surface area contributed by atoms with Gasteiger partial charge in [0.15, 0.2) is 0 Å². The van der Waals surface area contributed by atoms with Crippen LogP contribution in [0.3, 0.4) is 0 Å². The van der Waals surface area contributed by atoms with Crippen LogP contribution in [-0.4, -0.2) is 32.5 Å². The molecule has 1 amide bonds. The van der Waals surface area contributed by atoms with E-state index in [1.54, 1.807) is 0 Å². The lowest BCUT2D eigenvalue weighted by molar-refractivity contribution is -0.114. The number of para-hydroxylation sites is 1. The third kappa shape index (κ3) is 3.55. The molecule has 3 rings (SSSR count). The highest BCUT2D eigenvalue weighted by Gasteiger charge is 2.32. The predicted octanol–water partition coefficient (Wildman–Crippen LogP) is 3.53. The molecule has 2 aromatic carbocycles. The second kappa shape index (κ2) is 7.21. The second-order valence-electron chi connectivity index (χ2n) is 5.83. The summed E-state index contributed by atoms with van der Waals surface area (Å²) in [4.78, 5) is 14.9. The summed E-state index contributed by atoms with van der Waals surface area (Å²) in [5.41, 5.74) is 3.21. The average molecular weight is 335 g/mol. The van der Waals surface area contributed by atoms with Gasteiger partial charge in [-0.1, -0.05) is 30.3 Å². The zero-order valence-electron chi connectivity index (χ0n) is 14.6. The maximum atomic E-state index is 12.8. The van der Waals surface area contributed by atoms with E-state index in [0.29, 0.717) is 18.1 Å². The predicted molar refractivity (Wildman–Crippen MR) is 102 cm³/mol. The van der Waals surface area contributed by atoms with Crippen molar-refractivity contribution in [3.05, 3.63) is 65.7 Å². The lowest BCUT2D eigenvalue weighted by Gasteiger charge is -2.12. The van der Waals surface area contributed by atoms with Crippen molar-refractivity contribution in [2.45, 2.75) is 6.92 Å². The number of carbonyl (C=O) groups is 1. The molecule has 0 radical (unpaired) electrons. The summed E-state index contributed by atoms with van der Waals surface area (Å²) < 4.78 is 5.58. The van der Waals surface area contributed by atoms with E-state index < -0.39 is 0 Å². The van der Waals surface area contributed by atoms with Crippen LogP contribution in [0.4, 0.5) is 11.4 Å². The fraction of sp³-hybridized carbons (Fsp3) is 0.200. The van der Waals surface area contributed by atoms with Crippen molar-refractivity contribution in [1.29, 1.82) is 0 Å². The molecule has 0 saturated heterocycles. The van der Waals surface area contributed by atoms with Gasteiger partial charge in [0, 0.05) is 19.8 Å². The summed E-state index contributed by atoms with van der Waals surface area (Å²) in [7, 11) is 3.98. The Labute approximate surface area is 147 Å². The fourth-order valence-electron chi connectivity index (χ4n) is 2.54. The molecular formula is C20H21N3O2. The highest BCUT2D eigenvalue weighted by atomic mass is 16.5. The van der Waals surface area contributed by atoms with Crippen LogP contribution in [0.1, 0.15) is 12.5 Å². The van der Waals surface area contributed by atoms with Crippen molar-refractivity contribution in [3.63, 3.8) is 0 Å². The van der Waals surface area contributed by atoms with Crippen molar-refractivity contribution < 1.29 is 9.53 Å². The van der Waals surface area contributed by atoms with Crippen LogP contribution < -0.4 is 9.91 Å². The average Bonchev–Trinajstić information content (AvgIpc) is 2.93. The van der Waals surface area contributed by atoms with Gasteiger partial charge in [0.25, 0.3) is 5.91 Å². The van der Waals surface area contributed by atoms with E-state index in [1.807, 2.05) is 86.6 Å². The van der Waals surface area contributed by atoms with Crippen LogP contribution in [0.5, 0.6) is 0 Å². The summed E-state index contributed by atoms with van der Waals surface area (Å²) >= 11 is 0. The van der Waals surface area contributed by atoms with Crippen LogP contribution in [0.15, 0.2) is 65.3 Å². The van der Waals surface area contributed by atoms with Crippen LogP contribution >= 0.6 is 0 Å². The lowest BCUT2D eigenvalue weighted by Crippen LogP contribution is -2.21.